The highest BCUT2D eigenvalue weighted by Gasteiger charge is 2.05. The van der Waals surface area contributed by atoms with Gasteiger partial charge in [-0.1, -0.05) is 12.1 Å². The van der Waals surface area contributed by atoms with Crippen LogP contribution in [0, 0.1) is 6.92 Å². The van der Waals surface area contributed by atoms with Crippen LogP contribution < -0.4 is 5.73 Å². The third-order valence-electron chi connectivity index (χ3n) is 3.50. The molecule has 0 amide bonds. The van der Waals surface area contributed by atoms with Crippen molar-refractivity contribution in [3.05, 3.63) is 52.1 Å². The summed E-state index contributed by atoms with van der Waals surface area (Å²) >= 11 is 1.74. The fourth-order valence-corrected chi connectivity index (χ4v) is 3.11. The molecular formula is C15H17N3S. The van der Waals surface area contributed by atoms with Crippen molar-refractivity contribution in [3.63, 3.8) is 0 Å². The van der Waals surface area contributed by atoms with Gasteiger partial charge in [-0.15, -0.1) is 11.3 Å². The van der Waals surface area contributed by atoms with E-state index in [2.05, 4.69) is 46.9 Å². The summed E-state index contributed by atoms with van der Waals surface area (Å²) in [6, 6.07) is 8.59. The first-order valence-corrected chi connectivity index (χ1v) is 7.32. The first-order valence-electron chi connectivity index (χ1n) is 6.45. The molecule has 0 unspecified atom stereocenters. The summed E-state index contributed by atoms with van der Waals surface area (Å²) < 4.78 is 2.30. The Labute approximate surface area is 116 Å². The van der Waals surface area contributed by atoms with Gasteiger partial charge in [-0.05, 0) is 30.0 Å². The van der Waals surface area contributed by atoms with Gasteiger partial charge < -0.3 is 10.3 Å². The van der Waals surface area contributed by atoms with E-state index in [1.54, 1.807) is 11.3 Å². The summed E-state index contributed by atoms with van der Waals surface area (Å²) in [7, 11) is 0. The quantitative estimate of drug-likeness (QED) is 0.792. The molecule has 0 spiro atoms. The predicted octanol–water partition coefficient (Wildman–Crippen LogP) is 3.11. The van der Waals surface area contributed by atoms with Crippen LogP contribution in [0.3, 0.4) is 0 Å². The van der Waals surface area contributed by atoms with Crippen molar-refractivity contribution in [2.75, 3.05) is 0 Å². The lowest BCUT2D eigenvalue weighted by atomic mass is 10.1. The van der Waals surface area contributed by atoms with Gasteiger partial charge in [-0.2, -0.15) is 0 Å². The molecule has 0 fully saturated rings. The van der Waals surface area contributed by atoms with Gasteiger partial charge in [0.15, 0.2) is 0 Å². The van der Waals surface area contributed by atoms with Crippen LogP contribution in [0.25, 0.3) is 10.9 Å². The van der Waals surface area contributed by atoms with Crippen LogP contribution in [-0.2, 0) is 19.5 Å². The Morgan fingerprint density at radius 1 is 1.32 bits per heavy atom. The molecule has 0 bridgehead atoms. The van der Waals surface area contributed by atoms with Crippen LogP contribution in [0.15, 0.2) is 36.0 Å². The number of hydrogen-bond acceptors (Lipinski definition) is 3. The minimum Gasteiger partial charge on any atom is -0.347 e. The normalized spacial score (nSPS) is 11.3. The van der Waals surface area contributed by atoms with Crippen molar-refractivity contribution in [1.82, 2.24) is 9.55 Å². The summed E-state index contributed by atoms with van der Waals surface area (Å²) in [6.45, 7) is 3.65. The number of hydrogen-bond donors (Lipinski definition) is 1. The van der Waals surface area contributed by atoms with E-state index in [1.165, 1.54) is 21.3 Å². The number of thiazole rings is 1. The number of nitrogens with zero attached hydrogens (tertiary/aromatic N) is 2. The number of aromatic nitrogens is 2. The Bertz CT molecular complexity index is 696. The van der Waals surface area contributed by atoms with Gasteiger partial charge >= 0.3 is 0 Å². The van der Waals surface area contributed by atoms with E-state index in [9.17, 15) is 0 Å². The highest BCUT2D eigenvalue weighted by atomic mass is 32.1. The second-order valence-corrected chi connectivity index (χ2v) is 5.66. The van der Waals surface area contributed by atoms with Crippen LogP contribution in [0.5, 0.6) is 0 Å². The summed E-state index contributed by atoms with van der Waals surface area (Å²) in [4.78, 5) is 5.67. The number of rotatable bonds is 4. The monoisotopic (exact) mass is 271 g/mol. The zero-order chi connectivity index (χ0) is 13.2. The lowest BCUT2D eigenvalue weighted by Gasteiger charge is -2.06. The fourth-order valence-electron chi connectivity index (χ4n) is 2.34. The molecule has 0 aliphatic heterocycles. The highest BCUT2D eigenvalue weighted by Crippen LogP contribution is 2.19. The molecule has 98 valence electrons. The standard InChI is InChI=1S/C15H17N3S/c1-11-15(19-10-17-11)5-7-18-6-4-13-3-2-12(9-16)8-14(13)18/h2-4,6,8,10H,5,7,9,16H2,1H3. The SMILES string of the molecule is Cc1ncsc1CCn1ccc2ccc(CN)cc21. The third kappa shape index (κ3) is 2.41. The molecule has 0 radical (unpaired) electrons. The van der Waals surface area contributed by atoms with Crippen LogP contribution in [0.2, 0.25) is 0 Å². The summed E-state index contributed by atoms with van der Waals surface area (Å²) in [5.41, 5.74) is 11.2. The van der Waals surface area contributed by atoms with Crippen LogP contribution in [0.4, 0.5) is 0 Å². The van der Waals surface area contributed by atoms with Gasteiger partial charge in [0.05, 0.1) is 11.2 Å². The van der Waals surface area contributed by atoms with Gasteiger partial charge in [-0.25, -0.2) is 4.98 Å². The Kier molecular flexibility index (Phi) is 3.36. The first-order chi connectivity index (χ1) is 9.28. The molecule has 0 saturated carbocycles. The highest BCUT2D eigenvalue weighted by molar-refractivity contribution is 7.09. The van der Waals surface area contributed by atoms with Crippen molar-refractivity contribution < 1.29 is 0 Å². The molecule has 4 heteroatoms. The lowest BCUT2D eigenvalue weighted by molar-refractivity contribution is 0.726. The van der Waals surface area contributed by atoms with Crippen LogP contribution in [0.1, 0.15) is 16.1 Å². The van der Waals surface area contributed by atoms with Crippen LogP contribution >= 0.6 is 11.3 Å². The summed E-state index contributed by atoms with van der Waals surface area (Å²) in [5.74, 6) is 0. The van der Waals surface area contributed by atoms with Gasteiger partial charge in [-0.3, -0.25) is 0 Å². The topological polar surface area (TPSA) is 43.8 Å². The molecule has 2 heterocycles. The molecular weight excluding hydrogens is 254 g/mol. The van der Waals surface area contributed by atoms with E-state index in [-0.39, 0.29) is 0 Å². The van der Waals surface area contributed by atoms with Gasteiger partial charge in [0.1, 0.15) is 0 Å². The Balaban J connectivity index is 1.86. The number of benzene rings is 1. The first kappa shape index (κ1) is 12.4. The van der Waals surface area contributed by atoms with Crippen molar-refractivity contribution in [3.8, 4) is 0 Å². The Morgan fingerprint density at radius 3 is 2.95 bits per heavy atom. The molecule has 0 saturated heterocycles. The van der Waals surface area contributed by atoms with E-state index in [1.807, 2.05) is 5.51 Å². The zero-order valence-corrected chi connectivity index (χ0v) is 11.8. The number of nitrogens with two attached hydrogens (primary N) is 1. The minimum atomic E-state index is 0.592. The molecule has 1 aromatic carbocycles. The third-order valence-corrected chi connectivity index (χ3v) is 4.49. The van der Waals surface area contributed by atoms with Crippen molar-refractivity contribution in [1.29, 1.82) is 0 Å². The Hall–Kier alpha value is -1.65. The van der Waals surface area contributed by atoms with E-state index in [0.29, 0.717) is 6.54 Å². The maximum atomic E-state index is 5.71. The predicted molar refractivity (Wildman–Crippen MR) is 80.4 cm³/mol. The van der Waals surface area contributed by atoms with E-state index in [4.69, 9.17) is 5.73 Å². The summed E-state index contributed by atoms with van der Waals surface area (Å²) in [6.07, 6.45) is 3.19. The number of aryl methyl sites for hydroxylation is 3. The van der Waals surface area contributed by atoms with Crippen molar-refractivity contribution >= 4 is 22.2 Å². The molecule has 0 aliphatic rings. The maximum Gasteiger partial charge on any atom is 0.0797 e. The number of fused-ring (bicyclic) bond motifs is 1. The molecule has 3 rings (SSSR count). The van der Waals surface area contributed by atoms with Crippen molar-refractivity contribution in [2.24, 2.45) is 5.73 Å². The van der Waals surface area contributed by atoms with Crippen LogP contribution in [-0.4, -0.2) is 9.55 Å². The smallest absolute Gasteiger partial charge is 0.0797 e. The molecule has 2 N–H and O–H groups in total. The van der Waals surface area contributed by atoms with Gasteiger partial charge in [0.2, 0.25) is 0 Å². The maximum absolute atomic E-state index is 5.71. The second kappa shape index (κ2) is 5.15. The second-order valence-electron chi connectivity index (χ2n) is 4.72. The van der Waals surface area contributed by atoms with Crippen molar-refractivity contribution in [2.45, 2.75) is 26.4 Å². The van der Waals surface area contributed by atoms with E-state index in [0.717, 1.165) is 18.7 Å². The molecule has 3 aromatic rings. The summed E-state index contributed by atoms with van der Waals surface area (Å²) in [5, 5.41) is 1.28. The molecule has 0 aliphatic carbocycles. The Morgan fingerprint density at radius 2 is 2.21 bits per heavy atom. The average molecular weight is 271 g/mol. The largest absolute Gasteiger partial charge is 0.347 e. The van der Waals surface area contributed by atoms with E-state index >= 15 is 0 Å². The molecule has 3 nitrogen and oxygen atoms in total. The zero-order valence-electron chi connectivity index (χ0n) is 11.0. The minimum absolute atomic E-state index is 0.592. The van der Waals surface area contributed by atoms with Gasteiger partial charge in [0.25, 0.3) is 0 Å². The van der Waals surface area contributed by atoms with Gasteiger partial charge in [0, 0.05) is 36.1 Å². The fraction of sp³-hybridized carbons (Fsp3) is 0.267. The van der Waals surface area contributed by atoms with E-state index < -0.39 is 0 Å². The molecule has 2 aromatic heterocycles. The molecule has 19 heavy (non-hydrogen) atoms. The lowest BCUT2D eigenvalue weighted by Crippen LogP contribution is -2.01. The molecule has 0 atom stereocenters. The average Bonchev–Trinajstić information content (AvgIpc) is 3.02.